The van der Waals surface area contributed by atoms with Gasteiger partial charge in [0.25, 0.3) is 0 Å². The van der Waals surface area contributed by atoms with Crippen molar-refractivity contribution < 1.29 is 0 Å². The fourth-order valence-electron chi connectivity index (χ4n) is 9.35. The molecule has 69 heavy (non-hydrogen) atoms. The van der Waals surface area contributed by atoms with E-state index in [9.17, 15) is 0 Å². The Morgan fingerprint density at radius 3 is 0.696 bits per heavy atom. The summed E-state index contributed by atoms with van der Waals surface area (Å²) in [5.74, 6) is 0. The number of anilines is 6. The van der Waals surface area contributed by atoms with Crippen molar-refractivity contribution in [3.05, 3.63) is 291 Å². The smallest absolute Gasteiger partial charge is 0.0561 e. The average molecular weight is 883 g/mol. The van der Waals surface area contributed by atoms with E-state index in [1.54, 1.807) is 0 Å². The molecule has 0 spiro atoms. The van der Waals surface area contributed by atoms with Crippen LogP contribution in [0.4, 0.5) is 34.1 Å². The van der Waals surface area contributed by atoms with Crippen LogP contribution in [0.25, 0.3) is 66.8 Å². The van der Waals surface area contributed by atoms with Crippen molar-refractivity contribution in [2.45, 2.75) is 6.92 Å². The second-order valence-corrected chi connectivity index (χ2v) is 17.4. The van der Waals surface area contributed by atoms with Crippen LogP contribution in [-0.4, -0.2) is 0 Å². The van der Waals surface area contributed by atoms with Gasteiger partial charge in [-0.1, -0.05) is 230 Å². The zero-order chi connectivity index (χ0) is 46.4. The maximum atomic E-state index is 2.44. The molecule has 2 heteroatoms. The molecule has 0 aromatic heterocycles. The third-order valence-corrected chi connectivity index (χ3v) is 13.0. The predicted molar refractivity (Wildman–Crippen MR) is 293 cm³/mol. The maximum Gasteiger partial charge on any atom is 0.0561 e. The second-order valence-electron chi connectivity index (χ2n) is 17.4. The Morgan fingerprint density at radius 2 is 0.420 bits per heavy atom. The lowest BCUT2D eigenvalue weighted by Gasteiger charge is -2.33. The Labute approximate surface area is 406 Å². The number of aryl methyl sites for hydroxylation is 1. The van der Waals surface area contributed by atoms with Gasteiger partial charge in [0.05, 0.1) is 11.4 Å². The zero-order valence-electron chi connectivity index (χ0n) is 38.5. The Hall–Kier alpha value is -8.98. The van der Waals surface area contributed by atoms with Crippen LogP contribution in [-0.2, 0) is 0 Å². The predicted octanol–water partition coefficient (Wildman–Crippen LogP) is 18.9. The molecule has 0 aliphatic carbocycles. The Kier molecular flexibility index (Phi) is 12.0. The molecule has 0 aliphatic heterocycles. The van der Waals surface area contributed by atoms with E-state index < -0.39 is 0 Å². The summed E-state index contributed by atoms with van der Waals surface area (Å²) >= 11 is 0. The van der Waals surface area contributed by atoms with Crippen molar-refractivity contribution in [2.75, 3.05) is 9.80 Å². The fraction of sp³-hybridized carbons (Fsp3) is 0.0149. The molecule has 0 amide bonds. The van der Waals surface area contributed by atoms with Gasteiger partial charge in [0, 0.05) is 33.9 Å². The number of nitrogens with zero attached hydrogens (tertiary/aromatic N) is 2. The first kappa shape index (κ1) is 42.6. The normalized spacial score (nSPS) is 11.0. The molecule has 0 N–H and O–H groups in total. The van der Waals surface area contributed by atoms with Crippen LogP contribution in [0.15, 0.2) is 285 Å². The van der Waals surface area contributed by atoms with E-state index in [0.717, 1.165) is 56.4 Å². The minimum atomic E-state index is 1.05. The lowest BCUT2D eigenvalue weighted by Crippen LogP contribution is -2.15. The highest BCUT2D eigenvalue weighted by Crippen LogP contribution is 2.50. The standard InChI is InChI=1S/C67H50N2/c1-49-27-29-59(30-28-49)65-47-64(58-25-15-6-16-26-58)66(68(60-39-31-54(32-40-60)50-17-7-2-8-18-50)61-41-33-55(34-42-61)51-19-9-3-10-20-51)48-67(65)69(62-43-35-56(36-44-62)52-21-11-4-12-22-52)63-45-37-57(38-46-63)53-23-13-5-14-24-53/h2-48H,1H3. The molecule has 328 valence electrons. The molecule has 11 aromatic rings. The molecule has 2 nitrogen and oxygen atoms in total. The summed E-state index contributed by atoms with van der Waals surface area (Å²) in [5, 5.41) is 0. The van der Waals surface area contributed by atoms with Gasteiger partial charge in [-0.2, -0.15) is 0 Å². The number of benzene rings is 11. The minimum Gasteiger partial charge on any atom is -0.310 e. The van der Waals surface area contributed by atoms with E-state index in [1.165, 1.54) is 50.1 Å². The van der Waals surface area contributed by atoms with Crippen LogP contribution in [0.3, 0.4) is 0 Å². The summed E-state index contributed by atoms with van der Waals surface area (Å²) in [6, 6.07) is 103. The van der Waals surface area contributed by atoms with Gasteiger partial charge < -0.3 is 9.80 Å². The highest BCUT2D eigenvalue weighted by molar-refractivity contribution is 5.99. The molecule has 0 unspecified atom stereocenters. The Balaban J connectivity index is 1.18. The molecule has 0 saturated heterocycles. The first-order valence-electron chi connectivity index (χ1n) is 23.7. The van der Waals surface area contributed by atoms with Crippen LogP contribution in [0.1, 0.15) is 5.56 Å². The van der Waals surface area contributed by atoms with Gasteiger partial charge in [0.1, 0.15) is 0 Å². The molecule has 0 atom stereocenters. The van der Waals surface area contributed by atoms with E-state index in [1.807, 2.05) is 0 Å². The van der Waals surface area contributed by atoms with Gasteiger partial charge in [-0.15, -0.1) is 0 Å². The average Bonchev–Trinajstić information content (AvgIpc) is 3.43. The monoisotopic (exact) mass is 882 g/mol. The quantitative estimate of drug-likeness (QED) is 0.121. The van der Waals surface area contributed by atoms with E-state index >= 15 is 0 Å². The number of hydrogen-bond acceptors (Lipinski definition) is 2. The van der Waals surface area contributed by atoms with Crippen LogP contribution in [0, 0.1) is 6.92 Å². The van der Waals surface area contributed by atoms with Crippen molar-refractivity contribution in [2.24, 2.45) is 0 Å². The largest absolute Gasteiger partial charge is 0.310 e. The second kappa shape index (κ2) is 19.5. The van der Waals surface area contributed by atoms with Crippen LogP contribution in [0.2, 0.25) is 0 Å². The lowest BCUT2D eigenvalue weighted by atomic mass is 9.93. The van der Waals surface area contributed by atoms with Gasteiger partial charge >= 0.3 is 0 Å². The Morgan fingerprint density at radius 1 is 0.203 bits per heavy atom. The van der Waals surface area contributed by atoms with Crippen LogP contribution in [0.5, 0.6) is 0 Å². The molecular weight excluding hydrogens is 833 g/mol. The van der Waals surface area contributed by atoms with Crippen molar-refractivity contribution >= 4 is 34.1 Å². The van der Waals surface area contributed by atoms with Gasteiger partial charge in [-0.05, 0) is 123 Å². The van der Waals surface area contributed by atoms with Crippen molar-refractivity contribution in [3.8, 4) is 66.8 Å². The van der Waals surface area contributed by atoms with Crippen LogP contribution < -0.4 is 9.80 Å². The molecule has 0 fully saturated rings. The summed E-state index contributed by atoms with van der Waals surface area (Å²) in [6.07, 6.45) is 0. The zero-order valence-corrected chi connectivity index (χ0v) is 38.5. The molecule has 0 saturated carbocycles. The van der Waals surface area contributed by atoms with E-state index in [4.69, 9.17) is 0 Å². The van der Waals surface area contributed by atoms with E-state index in [0.29, 0.717) is 0 Å². The maximum absolute atomic E-state index is 2.44. The van der Waals surface area contributed by atoms with Crippen molar-refractivity contribution in [1.29, 1.82) is 0 Å². The molecule has 0 heterocycles. The third kappa shape index (κ3) is 9.12. The molecule has 11 rings (SSSR count). The number of hydrogen-bond donors (Lipinski definition) is 0. The fourth-order valence-corrected chi connectivity index (χ4v) is 9.35. The van der Waals surface area contributed by atoms with E-state index in [2.05, 4.69) is 302 Å². The van der Waals surface area contributed by atoms with Gasteiger partial charge in [0.2, 0.25) is 0 Å². The molecular formula is C67H50N2. The summed E-state index contributed by atoms with van der Waals surface area (Å²) in [5.41, 5.74) is 21.5. The summed E-state index contributed by atoms with van der Waals surface area (Å²) in [6.45, 7) is 2.15. The first-order valence-corrected chi connectivity index (χ1v) is 23.7. The van der Waals surface area contributed by atoms with Gasteiger partial charge in [-0.25, -0.2) is 0 Å². The lowest BCUT2D eigenvalue weighted by molar-refractivity contribution is 1.25. The van der Waals surface area contributed by atoms with Gasteiger partial charge in [-0.3, -0.25) is 0 Å². The highest BCUT2D eigenvalue weighted by atomic mass is 15.2. The molecule has 11 aromatic carbocycles. The molecule has 0 radical (unpaired) electrons. The van der Waals surface area contributed by atoms with Crippen molar-refractivity contribution in [1.82, 2.24) is 0 Å². The summed E-state index contributed by atoms with van der Waals surface area (Å²) < 4.78 is 0. The SMILES string of the molecule is Cc1ccc(-c2cc(-c3ccccc3)c(N(c3ccc(-c4ccccc4)cc3)c3ccc(-c4ccccc4)cc3)cc2N(c2ccc(-c3ccccc3)cc2)c2ccc(-c3ccccc3)cc2)cc1. The minimum absolute atomic E-state index is 1.05. The first-order chi connectivity index (χ1) is 34.1. The van der Waals surface area contributed by atoms with E-state index in [-0.39, 0.29) is 0 Å². The molecule has 0 aliphatic rings. The third-order valence-electron chi connectivity index (χ3n) is 13.0. The Bertz CT molecular complexity index is 3240. The van der Waals surface area contributed by atoms with Gasteiger partial charge in [0.15, 0.2) is 0 Å². The number of rotatable bonds is 12. The molecule has 0 bridgehead atoms. The summed E-state index contributed by atoms with van der Waals surface area (Å²) in [7, 11) is 0. The van der Waals surface area contributed by atoms with Crippen LogP contribution >= 0.6 is 0 Å². The van der Waals surface area contributed by atoms with Crippen molar-refractivity contribution in [3.63, 3.8) is 0 Å². The summed E-state index contributed by atoms with van der Waals surface area (Å²) in [4.78, 5) is 4.87. The topological polar surface area (TPSA) is 6.48 Å². The highest BCUT2D eigenvalue weighted by Gasteiger charge is 2.25.